The largest absolute Gasteiger partial charge is 0.349 e. The number of carbonyl (C=O) groups excluding carboxylic acids is 1. The van der Waals surface area contributed by atoms with Crippen molar-refractivity contribution in [2.45, 2.75) is 25.8 Å². The van der Waals surface area contributed by atoms with E-state index >= 15 is 0 Å². The summed E-state index contributed by atoms with van der Waals surface area (Å²) in [6, 6.07) is 0.0496. The standard InChI is InChI=1S/C13H20N6O3/c1-9-11(19(21)22)12(16(2)15-9)17-6-3-4-10(8-17)18-7-5-14-13(18)20/h10H,3-8H2,1-2H3,(H,14,20). The summed E-state index contributed by atoms with van der Waals surface area (Å²) in [6.07, 6.45) is 1.82. The first-order chi connectivity index (χ1) is 10.5. The number of piperidine rings is 1. The normalized spacial score (nSPS) is 22.1. The third kappa shape index (κ3) is 2.36. The number of rotatable bonds is 3. The fourth-order valence-electron chi connectivity index (χ4n) is 3.44. The van der Waals surface area contributed by atoms with E-state index in [4.69, 9.17) is 0 Å². The van der Waals surface area contributed by atoms with Crippen LogP contribution in [0.15, 0.2) is 0 Å². The number of hydrogen-bond donors (Lipinski definition) is 1. The topological polar surface area (TPSA) is 96.5 Å². The smallest absolute Gasteiger partial charge is 0.333 e. The molecular weight excluding hydrogens is 288 g/mol. The summed E-state index contributed by atoms with van der Waals surface area (Å²) in [5, 5.41) is 18.3. The Labute approximate surface area is 128 Å². The second kappa shape index (κ2) is 5.47. The highest BCUT2D eigenvalue weighted by Crippen LogP contribution is 2.33. The Kier molecular flexibility index (Phi) is 3.63. The number of urea groups is 1. The highest BCUT2D eigenvalue weighted by Gasteiger charge is 2.35. The van der Waals surface area contributed by atoms with Crippen molar-refractivity contribution >= 4 is 17.5 Å². The Morgan fingerprint density at radius 1 is 1.41 bits per heavy atom. The Balaban J connectivity index is 1.86. The van der Waals surface area contributed by atoms with Gasteiger partial charge in [-0.25, -0.2) is 9.48 Å². The van der Waals surface area contributed by atoms with Gasteiger partial charge in [0.25, 0.3) is 0 Å². The van der Waals surface area contributed by atoms with Crippen LogP contribution in [0.25, 0.3) is 0 Å². The lowest BCUT2D eigenvalue weighted by atomic mass is 10.0. The summed E-state index contributed by atoms with van der Waals surface area (Å²) >= 11 is 0. The lowest BCUT2D eigenvalue weighted by Crippen LogP contribution is -2.49. The van der Waals surface area contributed by atoms with E-state index in [0.29, 0.717) is 31.1 Å². The van der Waals surface area contributed by atoms with Crippen LogP contribution in [0.3, 0.4) is 0 Å². The minimum atomic E-state index is -0.371. The molecule has 0 aromatic carbocycles. The van der Waals surface area contributed by atoms with Crippen LogP contribution in [-0.4, -0.2) is 57.9 Å². The van der Waals surface area contributed by atoms with Crippen molar-refractivity contribution in [1.82, 2.24) is 20.0 Å². The van der Waals surface area contributed by atoms with Gasteiger partial charge in [-0.3, -0.25) is 10.1 Å². The van der Waals surface area contributed by atoms with Gasteiger partial charge < -0.3 is 15.1 Å². The van der Waals surface area contributed by atoms with Gasteiger partial charge in [0.1, 0.15) is 5.69 Å². The lowest BCUT2D eigenvalue weighted by Gasteiger charge is -2.37. The molecule has 1 atom stereocenters. The molecule has 0 saturated carbocycles. The first-order valence-electron chi connectivity index (χ1n) is 7.46. The molecule has 3 heterocycles. The van der Waals surface area contributed by atoms with Crippen molar-refractivity contribution < 1.29 is 9.72 Å². The first-order valence-corrected chi connectivity index (χ1v) is 7.46. The van der Waals surface area contributed by atoms with E-state index in [1.54, 1.807) is 18.7 Å². The third-order valence-electron chi connectivity index (χ3n) is 4.37. The molecular formula is C13H20N6O3. The molecule has 2 saturated heterocycles. The zero-order valence-corrected chi connectivity index (χ0v) is 12.8. The van der Waals surface area contributed by atoms with Gasteiger partial charge in [-0.1, -0.05) is 0 Å². The molecule has 1 aromatic rings. The van der Waals surface area contributed by atoms with Crippen molar-refractivity contribution in [3.05, 3.63) is 15.8 Å². The quantitative estimate of drug-likeness (QED) is 0.652. The molecule has 0 aliphatic carbocycles. The number of nitrogens with zero attached hydrogens (tertiary/aromatic N) is 5. The van der Waals surface area contributed by atoms with Crippen LogP contribution in [0.4, 0.5) is 16.3 Å². The molecule has 0 radical (unpaired) electrons. The van der Waals surface area contributed by atoms with Crippen LogP contribution in [0, 0.1) is 17.0 Å². The molecule has 0 bridgehead atoms. The van der Waals surface area contributed by atoms with Gasteiger partial charge >= 0.3 is 11.7 Å². The van der Waals surface area contributed by atoms with Crippen molar-refractivity contribution in [3.8, 4) is 0 Å². The number of nitro groups is 1. The maximum Gasteiger partial charge on any atom is 0.333 e. The van der Waals surface area contributed by atoms with E-state index in [2.05, 4.69) is 10.4 Å². The summed E-state index contributed by atoms with van der Waals surface area (Å²) in [6.45, 7) is 4.36. The highest BCUT2D eigenvalue weighted by atomic mass is 16.6. The van der Waals surface area contributed by atoms with Gasteiger partial charge in [0.2, 0.25) is 5.82 Å². The van der Waals surface area contributed by atoms with Gasteiger partial charge in [0.05, 0.1) is 11.0 Å². The van der Waals surface area contributed by atoms with Crippen LogP contribution >= 0.6 is 0 Å². The molecule has 2 fully saturated rings. The van der Waals surface area contributed by atoms with Crippen LogP contribution in [0.1, 0.15) is 18.5 Å². The molecule has 1 aromatic heterocycles. The fraction of sp³-hybridized carbons (Fsp3) is 0.692. The second-order valence-electron chi connectivity index (χ2n) is 5.81. The third-order valence-corrected chi connectivity index (χ3v) is 4.37. The number of aromatic nitrogens is 2. The van der Waals surface area contributed by atoms with Gasteiger partial charge in [-0.05, 0) is 19.8 Å². The number of carbonyl (C=O) groups is 1. The van der Waals surface area contributed by atoms with E-state index in [-0.39, 0.29) is 22.7 Å². The molecule has 1 N–H and O–H groups in total. The Hall–Kier alpha value is -2.32. The van der Waals surface area contributed by atoms with Gasteiger partial charge in [-0.2, -0.15) is 5.10 Å². The van der Waals surface area contributed by atoms with Crippen molar-refractivity contribution in [3.63, 3.8) is 0 Å². The maximum atomic E-state index is 11.8. The lowest BCUT2D eigenvalue weighted by molar-refractivity contribution is -0.384. The molecule has 120 valence electrons. The molecule has 2 aliphatic rings. The summed E-state index contributed by atoms with van der Waals surface area (Å²) in [4.78, 5) is 26.6. The summed E-state index contributed by atoms with van der Waals surface area (Å²) in [7, 11) is 1.72. The average molecular weight is 308 g/mol. The predicted molar refractivity (Wildman–Crippen MR) is 79.9 cm³/mol. The predicted octanol–water partition coefficient (Wildman–Crippen LogP) is 0.631. The minimum Gasteiger partial charge on any atom is -0.349 e. The van der Waals surface area contributed by atoms with E-state index in [0.717, 1.165) is 19.4 Å². The molecule has 2 aliphatic heterocycles. The number of amides is 2. The summed E-state index contributed by atoms with van der Waals surface area (Å²) in [5.74, 6) is 0.534. The highest BCUT2D eigenvalue weighted by molar-refractivity contribution is 5.76. The minimum absolute atomic E-state index is 0.0393. The monoisotopic (exact) mass is 308 g/mol. The Bertz CT molecular complexity index is 613. The second-order valence-corrected chi connectivity index (χ2v) is 5.81. The zero-order valence-electron chi connectivity index (χ0n) is 12.8. The van der Waals surface area contributed by atoms with Crippen LogP contribution in [0.2, 0.25) is 0 Å². The summed E-state index contributed by atoms with van der Waals surface area (Å²) in [5.41, 5.74) is 0.484. The van der Waals surface area contributed by atoms with E-state index in [9.17, 15) is 14.9 Å². The maximum absolute atomic E-state index is 11.8. The fourth-order valence-corrected chi connectivity index (χ4v) is 3.44. The molecule has 22 heavy (non-hydrogen) atoms. The SMILES string of the molecule is Cc1nn(C)c(N2CCCC(N3CCNC3=O)C2)c1[N+](=O)[O-]. The van der Waals surface area contributed by atoms with Gasteiger partial charge in [0, 0.05) is 33.2 Å². The van der Waals surface area contributed by atoms with Crippen LogP contribution in [0.5, 0.6) is 0 Å². The van der Waals surface area contributed by atoms with Crippen LogP contribution in [-0.2, 0) is 7.05 Å². The first kappa shape index (κ1) is 14.6. The number of aryl methyl sites for hydroxylation is 2. The van der Waals surface area contributed by atoms with Crippen LogP contribution < -0.4 is 10.2 Å². The molecule has 9 heteroatoms. The van der Waals surface area contributed by atoms with E-state index in [1.807, 2.05) is 9.80 Å². The number of hydrogen-bond acceptors (Lipinski definition) is 5. The zero-order chi connectivity index (χ0) is 15.9. The number of nitrogens with one attached hydrogen (secondary N) is 1. The number of anilines is 1. The summed E-state index contributed by atoms with van der Waals surface area (Å²) < 4.78 is 1.57. The average Bonchev–Trinajstić information content (AvgIpc) is 3.02. The molecule has 1 unspecified atom stereocenters. The molecule has 9 nitrogen and oxygen atoms in total. The Morgan fingerprint density at radius 3 is 2.82 bits per heavy atom. The molecule has 2 amide bonds. The van der Waals surface area contributed by atoms with Crippen molar-refractivity contribution in [2.75, 3.05) is 31.1 Å². The van der Waals surface area contributed by atoms with Gasteiger partial charge in [0.15, 0.2) is 0 Å². The van der Waals surface area contributed by atoms with Crippen molar-refractivity contribution in [2.24, 2.45) is 7.05 Å². The van der Waals surface area contributed by atoms with E-state index in [1.165, 1.54) is 0 Å². The van der Waals surface area contributed by atoms with E-state index < -0.39 is 0 Å². The molecule has 3 rings (SSSR count). The molecule has 0 spiro atoms. The Morgan fingerprint density at radius 2 is 2.18 bits per heavy atom. The van der Waals surface area contributed by atoms with Crippen molar-refractivity contribution in [1.29, 1.82) is 0 Å². The van der Waals surface area contributed by atoms with Gasteiger partial charge in [-0.15, -0.1) is 0 Å².